The Labute approximate surface area is 227 Å². The fraction of sp³-hybridized carbons (Fsp3) is 0.321. The Morgan fingerprint density at radius 3 is 2.33 bits per heavy atom. The molecular formula is C28H30FN3O6S. The molecule has 3 aromatic rings. The van der Waals surface area contributed by atoms with Crippen molar-refractivity contribution in [3.05, 3.63) is 78.1 Å². The van der Waals surface area contributed by atoms with Gasteiger partial charge in [0.25, 0.3) is 10.0 Å². The van der Waals surface area contributed by atoms with Crippen molar-refractivity contribution in [2.75, 3.05) is 50.4 Å². The van der Waals surface area contributed by atoms with Crippen molar-refractivity contribution >= 4 is 21.6 Å². The van der Waals surface area contributed by atoms with E-state index in [-0.39, 0.29) is 24.1 Å². The Balaban J connectivity index is 1.28. The number of carbonyl (C=O) groups is 1. The fourth-order valence-corrected chi connectivity index (χ4v) is 6.01. The van der Waals surface area contributed by atoms with Gasteiger partial charge in [0.15, 0.2) is 11.5 Å². The number of fused-ring (bicyclic) bond motifs is 1. The normalized spacial score (nSPS) is 15.3. The predicted octanol–water partition coefficient (Wildman–Crippen LogP) is 3.49. The van der Waals surface area contributed by atoms with Crippen LogP contribution in [-0.4, -0.2) is 70.2 Å². The summed E-state index contributed by atoms with van der Waals surface area (Å²) in [6.07, 6.45) is 0. The van der Waals surface area contributed by atoms with Gasteiger partial charge < -0.3 is 19.1 Å². The maximum atomic E-state index is 13.6. The Morgan fingerprint density at radius 1 is 0.949 bits per heavy atom. The number of hydrogen-bond acceptors (Lipinski definition) is 7. The van der Waals surface area contributed by atoms with Gasteiger partial charge in [-0.25, -0.2) is 12.8 Å². The Bertz CT molecular complexity index is 1410. The summed E-state index contributed by atoms with van der Waals surface area (Å²) in [5.41, 5.74) is 1.41. The SMILES string of the molecule is CCOc1ccc(N(CC(=O)N2CCN(Cc3ccc4c(c3)OCO4)CC2)S(=O)(=O)c2ccc(F)cc2)cc1. The molecule has 0 aliphatic carbocycles. The average molecular weight is 556 g/mol. The van der Waals surface area contributed by atoms with Crippen LogP contribution in [0, 0.1) is 5.82 Å². The van der Waals surface area contributed by atoms with Crippen LogP contribution in [0.4, 0.5) is 10.1 Å². The van der Waals surface area contributed by atoms with Crippen LogP contribution in [-0.2, 0) is 21.4 Å². The molecule has 2 aliphatic heterocycles. The largest absolute Gasteiger partial charge is 0.494 e. The van der Waals surface area contributed by atoms with Crippen molar-refractivity contribution in [3.8, 4) is 17.2 Å². The maximum Gasteiger partial charge on any atom is 0.264 e. The highest BCUT2D eigenvalue weighted by Gasteiger charge is 2.30. The summed E-state index contributed by atoms with van der Waals surface area (Å²) in [5.74, 6) is 1.21. The van der Waals surface area contributed by atoms with Gasteiger partial charge in [-0.2, -0.15) is 0 Å². The molecule has 0 unspecified atom stereocenters. The van der Waals surface area contributed by atoms with Crippen molar-refractivity contribution in [3.63, 3.8) is 0 Å². The second-order valence-corrected chi connectivity index (χ2v) is 11.1. The zero-order valence-corrected chi connectivity index (χ0v) is 22.4. The van der Waals surface area contributed by atoms with E-state index in [2.05, 4.69) is 4.90 Å². The van der Waals surface area contributed by atoms with Gasteiger partial charge in [0.2, 0.25) is 12.7 Å². The van der Waals surface area contributed by atoms with Crippen LogP contribution in [0.1, 0.15) is 12.5 Å². The van der Waals surface area contributed by atoms with Gasteiger partial charge in [0.05, 0.1) is 17.2 Å². The zero-order chi connectivity index (χ0) is 27.4. The van der Waals surface area contributed by atoms with Crippen molar-refractivity contribution in [2.45, 2.75) is 18.4 Å². The molecule has 39 heavy (non-hydrogen) atoms. The second-order valence-electron chi connectivity index (χ2n) is 9.24. The van der Waals surface area contributed by atoms with Gasteiger partial charge in [0, 0.05) is 32.7 Å². The molecule has 11 heteroatoms. The van der Waals surface area contributed by atoms with E-state index >= 15 is 0 Å². The highest BCUT2D eigenvalue weighted by atomic mass is 32.2. The van der Waals surface area contributed by atoms with Gasteiger partial charge in [-0.15, -0.1) is 0 Å². The number of benzene rings is 3. The van der Waals surface area contributed by atoms with E-state index in [0.717, 1.165) is 33.5 Å². The lowest BCUT2D eigenvalue weighted by molar-refractivity contribution is -0.131. The summed E-state index contributed by atoms with van der Waals surface area (Å²) in [5, 5.41) is 0. The minimum Gasteiger partial charge on any atom is -0.494 e. The molecule has 1 amide bonds. The number of sulfonamides is 1. The van der Waals surface area contributed by atoms with Crippen LogP contribution < -0.4 is 18.5 Å². The van der Waals surface area contributed by atoms with Crippen molar-refractivity contribution in [1.29, 1.82) is 0 Å². The van der Waals surface area contributed by atoms with E-state index in [0.29, 0.717) is 50.8 Å². The maximum absolute atomic E-state index is 13.6. The third-order valence-corrected chi connectivity index (χ3v) is 8.47. The van der Waals surface area contributed by atoms with Crippen molar-refractivity contribution in [2.24, 2.45) is 0 Å². The first kappa shape index (κ1) is 26.8. The fourth-order valence-electron chi connectivity index (χ4n) is 4.60. The number of rotatable bonds is 9. The first-order chi connectivity index (χ1) is 18.8. The molecule has 1 fully saturated rings. The summed E-state index contributed by atoms with van der Waals surface area (Å²) in [6.45, 7) is 5.11. The molecule has 206 valence electrons. The van der Waals surface area contributed by atoms with Crippen LogP contribution in [0.2, 0.25) is 0 Å². The summed E-state index contributed by atoms with van der Waals surface area (Å²) < 4.78 is 58.0. The molecule has 0 radical (unpaired) electrons. The molecule has 5 rings (SSSR count). The molecule has 0 bridgehead atoms. The number of carbonyl (C=O) groups excluding carboxylic acids is 1. The van der Waals surface area contributed by atoms with Crippen LogP contribution in [0.3, 0.4) is 0 Å². The van der Waals surface area contributed by atoms with Crippen LogP contribution >= 0.6 is 0 Å². The minimum atomic E-state index is -4.14. The minimum absolute atomic E-state index is 0.0980. The third-order valence-electron chi connectivity index (χ3n) is 6.68. The topological polar surface area (TPSA) is 88.6 Å². The highest BCUT2D eigenvalue weighted by molar-refractivity contribution is 7.92. The van der Waals surface area contributed by atoms with E-state index in [1.54, 1.807) is 29.2 Å². The average Bonchev–Trinajstić information content (AvgIpc) is 3.41. The number of ether oxygens (including phenoxy) is 3. The molecule has 0 N–H and O–H groups in total. The third kappa shape index (κ3) is 6.10. The standard InChI is InChI=1S/C28H30FN3O6S/c1-2-36-24-8-6-23(7-9-24)32(39(34,35)25-10-4-22(29)5-11-25)19-28(33)31-15-13-30(14-16-31)18-21-3-12-26-27(17-21)38-20-37-26/h3-12,17H,2,13-16,18-20H2,1H3. The van der Waals surface area contributed by atoms with Gasteiger partial charge >= 0.3 is 0 Å². The number of halogens is 1. The Morgan fingerprint density at radius 2 is 1.64 bits per heavy atom. The summed E-state index contributed by atoms with van der Waals surface area (Å²) in [4.78, 5) is 17.2. The van der Waals surface area contributed by atoms with Gasteiger partial charge in [-0.05, 0) is 73.2 Å². The first-order valence-corrected chi connectivity index (χ1v) is 14.2. The molecule has 9 nitrogen and oxygen atoms in total. The first-order valence-electron chi connectivity index (χ1n) is 12.7. The molecular weight excluding hydrogens is 525 g/mol. The lowest BCUT2D eigenvalue weighted by atomic mass is 10.1. The van der Waals surface area contributed by atoms with E-state index in [1.165, 1.54) is 12.1 Å². The number of piperazine rings is 1. The zero-order valence-electron chi connectivity index (χ0n) is 21.6. The van der Waals surface area contributed by atoms with Crippen molar-refractivity contribution in [1.82, 2.24) is 9.80 Å². The van der Waals surface area contributed by atoms with Crippen LogP contribution in [0.15, 0.2) is 71.6 Å². The van der Waals surface area contributed by atoms with E-state index < -0.39 is 15.8 Å². The smallest absolute Gasteiger partial charge is 0.264 e. The van der Waals surface area contributed by atoms with Crippen LogP contribution in [0.25, 0.3) is 0 Å². The van der Waals surface area contributed by atoms with E-state index in [9.17, 15) is 17.6 Å². The van der Waals surface area contributed by atoms with Gasteiger partial charge in [0.1, 0.15) is 18.1 Å². The number of anilines is 1. The molecule has 2 heterocycles. The quantitative estimate of drug-likeness (QED) is 0.399. The Kier molecular flexibility index (Phi) is 7.89. The number of amides is 1. The summed E-state index contributed by atoms with van der Waals surface area (Å²) in [7, 11) is -4.14. The molecule has 0 saturated carbocycles. The predicted molar refractivity (Wildman–Crippen MR) is 143 cm³/mol. The second kappa shape index (κ2) is 11.5. The molecule has 0 spiro atoms. The number of hydrogen-bond donors (Lipinski definition) is 0. The van der Waals surface area contributed by atoms with E-state index in [1.807, 2.05) is 25.1 Å². The Hall–Kier alpha value is -3.83. The molecule has 1 saturated heterocycles. The molecule has 0 atom stereocenters. The lowest BCUT2D eigenvalue weighted by Gasteiger charge is -2.36. The van der Waals surface area contributed by atoms with Crippen molar-refractivity contribution < 1.29 is 31.8 Å². The van der Waals surface area contributed by atoms with Gasteiger partial charge in [-0.1, -0.05) is 6.07 Å². The number of nitrogens with zero attached hydrogens (tertiary/aromatic N) is 3. The highest BCUT2D eigenvalue weighted by Crippen LogP contribution is 2.33. The summed E-state index contributed by atoms with van der Waals surface area (Å²) >= 11 is 0. The summed E-state index contributed by atoms with van der Waals surface area (Å²) in [6, 6.07) is 17.0. The van der Waals surface area contributed by atoms with Crippen LogP contribution in [0.5, 0.6) is 17.2 Å². The van der Waals surface area contributed by atoms with E-state index in [4.69, 9.17) is 14.2 Å². The molecule has 0 aromatic heterocycles. The monoisotopic (exact) mass is 555 g/mol. The molecule has 2 aliphatic rings. The molecule has 3 aromatic carbocycles. The lowest BCUT2D eigenvalue weighted by Crippen LogP contribution is -2.51. The van der Waals surface area contributed by atoms with Gasteiger partial charge in [-0.3, -0.25) is 14.0 Å².